The molecule has 0 atom stereocenters. The molecular formula is C25H25N5O3S2. The molecule has 0 aliphatic carbocycles. The van der Waals surface area contributed by atoms with Crippen LogP contribution in [0, 0.1) is 13.8 Å². The van der Waals surface area contributed by atoms with Gasteiger partial charge in [0.25, 0.3) is 5.91 Å². The molecule has 2 N–H and O–H groups in total. The second kappa shape index (κ2) is 11.2. The SMILES string of the molecule is COc1ccc(C(=O)NCc2nnc(SCC(=O)Nc3cccs3)n2-c2cccc(C)c2C)cc1. The normalized spacial score (nSPS) is 10.7. The third-order valence-electron chi connectivity index (χ3n) is 5.39. The fourth-order valence-electron chi connectivity index (χ4n) is 3.39. The maximum absolute atomic E-state index is 12.7. The highest BCUT2D eigenvalue weighted by Crippen LogP contribution is 2.26. The van der Waals surface area contributed by atoms with E-state index < -0.39 is 0 Å². The van der Waals surface area contributed by atoms with Crippen molar-refractivity contribution < 1.29 is 14.3 Å². The van der Waals surface area contributed by atoms with Gasteiger partial charge in [-0.1, -0.05) is 23.9 Å². The van der Waals surface area contributed by atoms with Gasteiger partial charge in [-0.05, 0) is 72.8 Å². The van der Waals surface area contributed by atoms with E-state index in [2.05, 4.69) is 20.8 Å². The number of thioether (sulfide) groups is 1. The van der Waals surface area contributed by atoms with Gasteiger partial charge in [-0.3, -0.25) is 14.2 Å². The van der Waals surface area contributed by atoms with Crippen LogP contribution in [0.3, 0.4) is 0 Å². The van der Waals surface area contributed by atoms with E-state index in [1.807, 2.05) is 54.1 Å². The summed E-state index contributed by atoms with van der Waals surface area (Å²) >= 11 is 2.77. The third-order valence-corrected chi connectivity index (χ3v) is 7.11. The lowest BCUT2D eigenvalue weighted by atomic mass is 10.1. The highest BCUT2D eigenvalue weighted by molar-refractivity contribution is 7.99. The number of aryl methyl sites for hydroxylation is 1. The average molecular weight is 508 g/mol. The molecule has 180 valence electrons. The summed E-state index contributed by atoms with van der Waals surface area (Å²) in [6.45, 7) is 4.24. The number of benzene rings is 2. The van der Waals surface area contributed by atoms with Crippen LogP contribution in [-0.2, 0) is 11.3 Å². The number of methoxy groups -OCH3 is 1. The predicted octanol–water partition coefficient (Wildman–Crippen LogP) is 4.62. The van der Waals surface area contributed by atoms with Crippen molar-refractivity contribution in [3.63, 3.8) is 0 Å². The Morgan fingerprint density at radius 1 is 1.06 bits per heavy atom. The molecule has 0 fully saturated rings. The zero-order valence-corrected chi connectivity index (χ0v) is 21.2. The Morgan fingerprint density at radius 2 is 1.86 bits per heavy atom. The molecule has 0 unspecified atom stereocenters. The molecule has 0 saturated heterocycles. The molecule has 10 heteroatoms. The average Bonchev–Trinajstić information content (AvgIpc) is 3.53. The van der Waals surface area contributed by atoms with Gasteiger partial charge in [0.05, 0.1) is 30.1 Å². The van der Waals surface area contributed by atoms with Crippen LogP contribution >= 0.6 is 23.1 Å². The number of hydrogen-bond acceptors (Lipinski definition) is 7. The second-order valence-electron chi connectivity index (χ2n) is 7.68. The number of nitrogens with zero attached hydrogens (tertiary/aromatic N) is 3. The number of hydrogen-bond donors (Lipinski definition) is 2. The smallest absolute Gasteiger partial charge is 0.251 e. The molecule has 4 rings (SSSR count). The van der Waals surface area contributed by atoms with E-state index in [9.17, 15) is 9.59 Å². The van der Waals surface area contributed by atoms with Crippen LogP contribution in [0.2, 0.25) is 0 Å². The number of thiophene rings is 1. The lowest BCUT2D eigenvalue weighted by Crippen LogP contribution is -2.24. The molecular weight excluding hydrogens is 482 g/mol. The maximum Gasteiger partial charge on any atom is 0.251 e. The first kappa shape index (κ1) is 24.5. The van der Waals surface area contributed by atoms with Crippen LogP contribution < -0.4 is 15.4 Å². The van der Waals surface area contributed by atoms with Gasteiger partial charge in [0.1, 0.15) is 5.75 Å². The first-order valence-electron chi connectivity index (χ1n) is 10.9. The van der Waals surface area contributed by atoms with E-state index in [1.165, 1.54) is 23.1 Å². The summed E-state index contributed by atoms with van der Waals surface area (Å²) in [5.74, 6) is 1.08. The van der Waals surface area contributed by atoms with Crippen molar-refractivity contribution in [1.29, 1.82) is 0 Å². The van der Waals surface area contributed by atoms with Gasteiger partial charge in [0.2, 0.25) is 5.91 Å². The number of anilines is 1. The molecule has 0 spiro atoms. The van der Waals surface area contributed by atoms with Gasteiger partial charge in [-0.25, -0.2) is 0 Å². The van der Waals surface area contributed by atoms with Gasteiger partial charge < -0.3 is 15.4 Å². The Kier molecular flexibility index (Phi) is 7.84. The predicted molar refractivity (Wildman–Crippen MR) is 139 cm³/mol. The van der Waals surface area contributed by atoms with Crippen molar-refractivity contribution >= 4 is 39.9 Å². The molecule has 2 aromatic heterocycles. The standard InChI is InChI=1S/C25H25N5O3S2/c1-16-6-4-7-20(17(16)2)30-21(14-26-24(32)18-9-11-19(33-3)12-10-18)28-29-25(30)35-15-22(31)27-23-8-5-13-34-23/h4-13H,14-15H2,1-3H3,(H,26,32)(H,27,31). The summed E-state index contributed by atoms with van der Waals surface area (Å²) in [6, 6.07) is 16.6. The second-order valence-corrected chi connectivity index (χ2v) is 9.57. The Morgan fingerprint density at radius 3 is 2.57 bits per heavy atom. The molecule has 0 bridgehead atoms. The van der Waals surface area contributed by atoms with Gasteiger partial charge in [-0.15, -0.1) is 21.5 Å². The van der Waals surface area contributed by atoms with Crippen LogP contribution in [0.4, 0.5) is 5.00 Å². The Labute approximate surface area is 211 Å². The summed E-state index contributed by atoms with van der Waals surface area (Å²) in [4.78, 5) is 25.1. The highest BCUT2D eigenvalue weighted by atomic mass is 32.2. The maximum atomic E-state index is 12.7. The number of ether oxygens (including phenoxy) is 1. The minimum Gasteiger partial charge on any atom is -0.497 e. The summed E-state index contributed by atoms with van der Waals surface area (Å²) in [5.41, 5.74) is 3.61. The molecule has 2 aromatic carbocycles. The number of carbonyl (C=O) groups excluding carboxylic acids is 2. The van der Waals surface area contributed by atoms with Crippen molar-refractivity contribution in [2.75, 3.05) is 18.2 Å². The topological polar surface area (TPSA) is 98.1 Å². The minimum absolute atomic E-state index is 0.123. The van der Waals surface area contributed by atoms with E-state index in [4.69, 9.17) is 4.74 Å². The summed E-state index contributed by atoms with van der Waals surface area (Å²) < 4.78 is 7.05. The molecule has 2 amide bonds. The van der Waals surface area contributed by atoms with Crippen LogP contribution in [-0.4, -0.2) is 39.4 Å². The van der Waals surface area contributed by atoms with Crippen molar-refractivity contribution in [1.82, 2.24) is 20.1 Å². The monoisotopic (exact) mass is 507 g/mol. The summed E-state index contributed by atoms with van der Waals surface area (Å²) in [5, 5.41) is 17.8. The van der Waals surface area contributed by atoms with Crippen molar-refractivity contribution in [3.8, 4) is 11.4 Å². The molecule has 4 aromatic rings. The van der Waals surface area contributed by atoms with E-state index in [0.717, 1.165) is 21.8 Å². The number of rotatable bonds is 9. The summed E-state index contributed by atoms with van der Waals surface area (Å²) in [7, 11) is 1.58. The van der Waals surface area contributed by atoms with E-state index in [0.29, 0.717) is 22.3 Å². The van der Waals surface area contributed by atoms with Crippen molar-refractivity contribution in [2.45, 2.75) is 25.5 Å². The van der Waals surface area contributed by atoms with Gasteiger partial charge >= 0.3 is 0 Å². The highest BCUT2D eigenvalue weighted by Gasteiger charge is 2.19. The Balaban J connectivity index is 1.54. The van der Waals surface area contributed by atoms with E-state index in [-0.39, 0.29) is 24.1 Å². The molecule has 8 nitrogen and oxygen atoms in total. The van der Waals surface area contributed by atoms with Gasteiger partial charge in [-0.2, -0.15) is 0 Å². The van der Waals surface area contributed by atoms with Crippen molar-refractivity contribution in [3.05, 3.63) is 82.5 Å². The van der Waals surface area contributed by atoms with Crippen LogP contribution in [0.15, 0.2) is 65.1 Å². The number of aromatic nitrogens is 3. The fraction of sp³-hybridized carbons (Fsp3) is 0.200. The van der Waals surface area contributed by atoms with Gasteiger partial charge in [0.15, 0.2) is 11.0 Å². The summed E-state index contributed by atoms with van der Waals surface area (Å²) in [6.07, 6.45) is 0. The van der Waals surface area contributed by atoms with Crippen LogP contribution in [0.1, 0.15) is 27.3 Å². The number of amides is 2. The Bertz CT molecular complexity index is 1320. The zero-order chi connectivity index (χ0) is 24.8. The fourth-order valence-corrected chi connectivity index (χ4v) is 4.78. The number of nitrogens with one attached hydrogen (secondary N) is 2. The largest absolute Gasteiger partial charge is 0.497 e. The first-order valence-corrected chi connectivity index (χ1v) is 12.7. The van der Waals surface area contributed by atoms with Gasteiger partial charge in [0, 0.05) is 5.56 Å². The number of carbonyl (C=O) groups is 2. The third kappa shape index (κ3) is 5.90. The lowest BCUT2D eigenvalue weighted by molar-refractivity contribution is -0.113. The quantitative estimate of drug-likeness (QED) is 0.321. The van der Waals surface area contributed by atoms with Crippen LogP contribution in [0.5, 0.6) is 5.75 Å². The molecule has 35 heavy (non-hydrogen) atoms. The van der Waals surface area contributed by atoms with E-state index >= 15 is 0 Å². The Hall–Kier alpha value is -3.63. The molecule has 0 radical (unpaired) electrons. The molecule has 0 aliphatic rings. The van der Waals surface area contributed by atoms with E-state index in [1.54, 1.807) is 31.4 Å². The first-order chi connectivity index (χ1) is 17.0. The minimum atomic E-state index is -0.229. The molecule has 0 aliphatic heterocycles. The molecule has 0 saturated carbocycles. The van der Waals surface area contributed by atoms with Crippen molar-refractivity contribution in [2.24, 2.45) is 0 Å². The lowest BCUT2D eigenvalue weighted by Gasteiger charge is -2.15. The molecule has 2 heterocycles. The van der Waals surface area contributed by atoms with Crippen LogP contribution in [0.25, 0.3) is 5.69 Å². The zero-order valence-electron chi connectivity index (χ0n) is 19.6.